The molecule has 10 heteroatoms. The van der Waals surface area contributed by atoms with Gasteiger partial charge < -0.3 is 19.4 Å². The van der Waals surface area contributed by atoms with Crippen LogP contribution in [0.15, 0.2) is 76.3 Å². The predicted molar refractivity (Wildman–Crippen MR) is 146 cm³/mol. The van der Waals surface area contributed by atoms with Gasteiger partial charge in [0.1, 0.15) is 11.5 Å². The maximum Gasteiger partial charge on any atom is 0.239 e. The molecule has 3 aromatic rings. The van der Waals surface area contributed by atoms with Crippen LogP contribution >= 0.6 is 11.8 Å². The van der Waals surface area contributed by atoms with Gasteiger partial charge in [0.05, 0.1) is 43.6 Å². The van der Waals surface area contributed by atoms with Crippen molar-refractivity contribution in [2.75, 3.05) is 55.8 Å². The molecular weight excluding hydrogens is 490 g/mol. The number of hydrogen-bond donors (Lipinski definition) is 1. The Morgan fingerprint density at radius 3 is 2.57 bits per heavy atom. The first-order valence-corrected chi connectivity index (χ1v) is 13.1. The van der Waals surface area contributed by atoms with Crippen molar-refractivity contribution < 1.29 is 18.7 Å². The van der Waals surface area contributed by atoms with Crippen LogP contribution in [0.2, 0.25) is 0 Å². The van der Waals surface area contributed by atoms with Gasteiger partial charge >= 0.3 is 0 Å². The van der Waals surface area contributed by atoms with E-state index in [-0.39, 0.29) is 11.8 Å². The normalized spacial score (nSPS) is 17.4. The summed E-state index contributed by atoms with van der Waals surface area (Å²) in [7, 11) is 1.69. The lowest BCUT2D eigenvalue weighted by Gasteiger charge is -2.36. The largest absolute Gasteiger partial charge is 0.495 e. The molecule has 2 aromatic carbocycles. The molecule has 2 fully saturated rings. The first kappa shape index (κ1) is 24.9. The molecule has 192 valence electrons. The van der Waals surface area contributed by atoms with Gasteiger partial charge in [-0.05, 0) is 48.5 Å². The SMILES string of the molecule is COc1ccccc1N1CCN(CC(=O)Nc2ccc(N=C3SCC(=O)N3Cc3ccco3)cc2)CC1. The summed E-state index contributed by atoms with van der Waals surface area (Å²) >= 11 is 1.41. The Morgan fingerprint density at radius 1 is 1.05 bits per heavy atom. The molecule has 3 heterocycles. The van der Waals surface area contributed by atoms with E-state index in [1.165, 1.54) is 11.8 Å². The van der Waals surface area contributed by atoms with Gasteiger partial charge in [0, 0.05) is 31.9 Å². The molecule has 5 rings (SSSR count). The molecule has 9 nitrogen and oxygen atoms in total. The fourth-order valence-electron chi connectivity index (χ4n) is 4.37. The molecule has 0 spiro atoms. The van der Waals surface area contributed by atoms with E-state index >= 15 is 0 Å². The first-order valence-electron chi connectivity index (χ1n) is 12.1. The second-order valence-corrected chi connectivity index (χ2v) is 9.71. The van der Waals surface area contributed by atoms with Gasteiger partial charge in [-0.3, -0.25) is 19.4 Å². The van der Waals surface area contributed by atoms with Crippen molar-refractivity contribution in [3.63, 3.8) is 0 Å². The highest BCUT2D eigenvalue weighted by Crippen LogP contribution is 2.29. The Labute approximate surface area is 220 Å². The van der Waals surface area contributed by atoms with Crippen molar-refractivity contribution in [1.82, 2.24) is 9.80 Å². The van der Waals surface area contributed by atoms with Crippen molar-refractivity contribution in [2.45, 2.75) is 6.54 Å². The van der Waals surface area contributed by atoms with Crippen LogP contribution in [0.5, 0.6) is 5.75 Å². The van der Waals surface area contributed by atoms with Crippen LogP contribution in [0.3, 0.4) is 0 Å². The number of furan rings is 1. The van der Waals surface area contributed by atoms with Crippen molar-refractivity contribution in [2.24, 2.45) is 4.99 Å². The van der Waals surface area contributed by atoms with Crippen molar-refractivity contribution in [1.29, 1.82) is 0 Å². The third-order valence-corrected chi connectivity index (χ3v) is 7.25. The molecule has 0 radical (unpaired) electrons. The number of hydrogen-bond acceptors (Lipinski definition) is 8. The number of aliphatic imine (C=N–C) groups is 1. The van der Waals surface area contributed by atoms with Crippen LogP contribution in [-0.2, 0) is 16.1 Å². The lowest BCUT2D eigenvalue weighted by molar-refractivity contribution is -0.124. The minimum Gasteiger partial charge on any atom is -0.495 e. The maximum atomic E-state index is 12.7. The van der Waals surface area contributed by atoms with Crippen LogP contribution in [-0.4, -0.2) is 72.4 Å². The molecule has 1 aromatic heterocycles. The van der Waals surface area contributed by atoms with Crippen molar-refractivity contribution >= 4 is 45.8 Å². The van der Waals surface area contributed by atoms with Gasteiger partial charge in [0.25, 0.3) is 0 Å². The molecule has 0 aliphatic carbocycles. The molecule has 2 amide bonds. The number of methoxy groups -OCH3 is 1. The number of para-hydroxylation sites is 2. The number of anilines is 2. The van der Waals surface area contributed by atoms with Gasteiger partial charge in [-0.1, -0.05) is 23.9 Å². The third kappa shape index (κ3) is 6.15. The Kier molecular flexibility index (Phi) is 7.76. The average Bonchev–Trinajstić information content (AvgIpc) is 3.56. The van der Waals surface area contributed by atoms with Gasteiger partial charge in [-0.15, -0.1) is 0 Å². The molecular formula is C27H29N5O4S. The fraction of sp³-hybridized carbons (Fsp3) is 0.296. The van der Waals surface area contributed by atoms with Crippen LogP contribution < -0.4 is 15.0 Å². The number of ether oxygens (including phenoxy) is 1. The lowest BCUT2D eigenvalue weighted by atomic mass is 10.2. The van der Waals surface area contributed by atoms with E-state index in [4.69, 9.17) is 9.15 Å². The van der Waals surface area contributed by atoms with E-state index < -0.39 is 0 Å². The number of carbonyl (C=O) groups excluding carboxylic acids is 2. The number of piperazine rings is 1. The van der Waals surface area contributed by atoms with Crippen LogP contribution in [0.25, 0.3) is 0 Å². The average molecular weight is 520 g/mol. The number of thioether (sulfide) groups is 1. The number of rotatable bonds is 8. The van der Waals surface area contributed by atoms with Gasteiger partial charge in [-0.25, -0.2) is 4.99 Å². The number of amides is 2. The second-order valence-electron chi connectivity index (χ2n) is 8.77. The molecule has 2 saturated heterocycles. The van der Waals surface area contributed by atoms with E-state index in [2.05, 4.69) is 26.2 Å². The van der Waals surface area contributed by atoms with Gasteiger partial charge in [0.15, 0.2) is 5.17 Å². The highest BCUT2D eigenvalue weighted by molar-refractivity contribution is 8.15. The zero-order valence-electron chi connectivity index (χ0n) is 20.6. The van der Waals surface area contributed by atoms with E-state index in [0.717, 1.165) is 37.6 Å². The molecule has 2 aliphatic rings. The molecule has 0 atom stereocenters. The summed E-state index contributed by atoms with van der Waals surface area (Å²) in [6.07, 6.45) is 1.59. The fourth-order valence-corrected chi connectivity index (χ4v) is 5.27. The molecule has 37 heavy (non-hydrogen) atoms. The summed E-state index contributed by atoms with van der Waals surface area (Å²) in [6, 6.07) is 19.0. The zero-order chi connectivity index (χ0) is 25.6. The molecule has 0 bridgehead atoms. The molecule has 0 saturated carbocycles. The van der Waals surface area contributed by atoms with Crippen LogP contribution in [0.4, 0.5) is 17.1 Å². The van der Waals surface area contributed by atoms with Gasteiger partial charge in [0.2, 0.25) is 11.8 Å². The Balaban J connectivity index is 1.12. The van der Waals surface area contributed by atoms with Crippen LogP contribution in [0.1, 0.15) is 5.76 Å². The number of carbonyl (C=O) groups is 2. The number of benzene rings is 2. The highest BCUT2D eigenvalue weighted by Gasteiger charge is 2.29. The predicted octanol–water partition coefficient (Wildman–Crippen LogP) is 3.81. The summed E-state index contributed by atoms with van der Waals surface area (Å²) in [5.41, 5.74) is 2.51. The first-order chi connectivity index (χ1) is 18.1. The summed E-state index contributed by atoms with van der Waals surface area (Å²) in [6.45, 7) is 3.96. The smallest absolute Gasteiger partial charge is 0.239 e. The minimum absolute atomic E-state index is 0.00720. The number of nitrogens with zero attached hydrogens (tertiary/aromatic N) is 4. The standard InChI is InChI=1S/C27H29N5O4S/c1-35-24-7-3-2-6-23(24)31-14-12-30(13-15-31)18-25(33)28-20-8-10-21(11-9-20)29-27-32(26(34)19-37-27)17-22-5-4-16-36-22/h2-11,16H,12-15,17-19H2,1H3,(H,28,33). The Morgan fingerprint density at radius 2 is 1.84 bits per heavy atom. The number of amidine groups is 1. The summed E-state index contributed by atoms with van der Waals surface area (Å²) < 4.78 is 10.9. The van der Waals surface area contributed by atoms with Gasteiger partial charge in [-0.2, -0.15) is 0 Å². The molecule has 1 N–H and O–H groups in total. The van der Waals surface area contributed by atoms with E-state index in [0.29, 0.717) is 41.1 Å². The molecule has 2 aliphatic heterocycles. The Bertz CT molecular complexity index is 1250. The van der Waals surface area contributed by atoms with E-state index in [1.54, 1.807) is 24.3 Å². The van der Waals surface area contributed by atoms with Crippen molar-refractivity contribution in [3.05, 3.63) is 72.7 Å². The topological polar surface area (TPSA) is 90.6 Å². The number of nitrogens with one attached hydrogen (secondary N) is 1. The van der Waals surface area contributed by atoms with E-state index in [1.807, 2.05) is 48.5 Å². The maximum absolute atomic E-state index is 12.7. The summed E-state index contributed by atoms with van der Waals surface area (Å²) in [5, 5.41) is 3.62. The summed E-state index contributed by atoms with van der Waals surface area (Å²) in [4.78, 5) is 35.7. The third-order valence-electron chi connectivity index (χ3n) is 6.29. The zero-order valence-corrected chi connectivity index (χ0v) is 21.4. The minimum atomic E-state index is -0.0497. The van der Waals surface area contributed by atoms with E-state index in [9.17, 15) is 9.59 Å². The Hall–Kier alpha value is -3.76. The highest BCUT2D eigenvalue weighted by atomic mass is 32.2. The quantitative estimate of drug-likeness (QED) is 0.484. The van der Waals surface area contributed by atoms with Crippen LogP contribution in [0, 0.1) is 0 Å². The molecule has 0 unspecified atom stereocenters. The van der Waals surface area contributed by atoms with Crippen molar-refractivity contribution in [3.8, 4) is 5.75 Å². The lowest BCUT2D eigenvalue weighted by Crippen LogP contribution is -2.48. The second kappa shape index (κ2) is 11.5. The monoisotopic (exact) mass is 519 g/mol. The summed E-state index contributed by atoms with van der Waals surface area (Å²) in [5.74, 6) is 1.90.